The predicted molar refractivity (Wildman–Crippen MR) is 215 cm³/mol. The Balaban J connectivity index is 1.28. The Morgan fingerprint density at radius 2 is 1.02 bits per heavy atom. The van der Waals surface area contributed by atoms with E-state index >= 15 is 0 Å². The third kappa shape index (κ3) is 3.35. The molecule has 0 aliphatic carbocycles. The van der Waals surface area contributed by atoms with Crippen LogP contribution in [-0.2, 0) is 0 Å². The van der Waals surface area contributed by atoms with Gasteiger partial charge in [-0.1, -0.05) is 53.4 Å². The van der Waals surface area contributed by atoms with Crippen LogP contribution in [0.25, 0.3) is 64.3 Å². The van der Waals surface area contributed by atoms with Crippen molar-refractivity contribution < 1.29 is 9.47 Å². The lowest BCUT2D eigenvalue weighted by atomic mass is 9.32. The van der Waals surface area contributed by atoms with Crippen LogP contribution in [0.3, 0.4) is 0 Å². The first-order chi connectivity index (χ1) is 26.4. The summed E-state index contributed by atoms with van der Waals surface area (Å²) in [5, 5.41) is 27.1. The second-order valence-electron chi connectivity index (χ2n) is 14.8. The molecule has 0 N–H and O–H groups in total. The highest BCUT2D eigenvalue weighted by molar-refractivity contribution is 7.01. The Morgan fingerprint density at radius 1 is 0.500 bits per heavy atom. The standard InChI is InChI=1S/C46H20B2N4O2/c1-21-9-29-31-11-24(20-50)13-39-45(31)47(33-7-5-23(19-49)12-37(33)53-39)35-17-28-22(2)10-30-32-14-26(52-4)16-40-46(32)48(34-8-6-25(51-3)15-38(34)54-40)36-18-27(21)43(41(29)35)44(28)42(30)36/h5-18H,1-2H3. The number of nitriles is 2. The Hall–Kier alpha value is -7.51. The molecule has 4 aliphatic heterocycles. The molecule has 0 bridgehead atoms. The molecular formula is C46H20B2N4O2. The molecule has 242 valence electrons. The van der Waals surface area contributed by atoms with Gasteiger partial charge in [0, 0.05) is 0 Å². The highest BCUT2D eigenvalue weighted by Gasteiger charge is 2.44. The first-order valence-corrected chi connectivity index (χ1v) is 17.7. The number of ether oxygens (including phenoxy) is 2. The lowest BCUT2D eigenvalue weighted by Crippen LogP contribution is -2.58. The molecule has 4 aliphatic rings. The molecular weight excluding hydrogens is 662 g/mol. The van der Waals surface area contributed by atoms with Crippen molar-refractivity contribution in [1.82, 2.24) is 0 Å². The van der Waals surface area contributed by atoms with Gasteiger partial charge in [0.2, 0.25) is 0 Å². The monoisotopic (exact) mass is 682 g/mol. The summed E-state index contributed by atoms with van der Waals surface area (Å²) in [6.45, 7) is 19.7. The SMILES string of the molecule is [C-]#[N+]c1ccc2c(c1)Oc1cc([N+]#[C-])cc3c1B2c1cc2c(C)cc4c5c(cc6c(C)cc-3c1c6c25)B1c2ccc(C#N)cc2Oc2cc(C#N)cc-4c21. The van der Waals surface area contributed by atoms with E-state index in [1.807, 2.05) is 54.6 Å². The average molecular weight is 682 g/mol. The Labute approximate surface area is 310 Å². The van der Waals surface area contributed by atoms with Crippen LogP contribution in [0.4, 0.5) is 11.4 Å². The number of benzene rings is 8. The van der Waals surface area contributed by atoms with E-state index in [0.29, 0.717) is 45.5 Å². The fourth-order valence-corrected chi connectivity index (χ4v) is 10.1. The highest BCUT2D eigenvalue weighted by Crippen LogP contribution is 2.48. The number of nitrogens with zero attached hydrogens (tertiary/aromatic N) is 4. The smallest absolute Gasteiger partial charge is 0.252 e. The van der Waals surface area contributed by atoms with Gasteiger partial charge in [-0.25, -0.2) is 9.69 Å². The minimum Gasteiger partial charge on any atom is -0.461 e. The molecule has 12 rings (SSSR count). The van der Waals surface area contributed by atoms with Crippen molar-refractivity contribution in [3.63, 3.8) is 0 Å². The molecule has 8 aromatic rings. The van der Waals surface area contributed by atoms with Crippen molar-refractivity contribution in [1.29, 1.82) is 10.5 Å². The van der Waals surface area contributed by atoms with Crippen LogP contribution in [0, 0.1) is 49.7 Å². The maximum absolute atomic E-state index is 10.2. The van der Waals surface area contributed by atoms with Gasteiger partial charge in [-0.15, -0.1) is 0 Å². The van der Waals surface area contributed by atoms with Crippen molar-refractivity contribution in [3.05, 3.63) is 130 Å². The van der Waals surface area contributed by atoms with Crippen LogP contribution < -0.4 is 42.3 Å². The van der Waals surface area contributed by atoms with E-state index in [0.717, 1.165) is 60.6 Å². The summed E-state index contributed by atoms with van der Waals surface area (Å²) in [5.74, 6) is 2.59. The van der Waals surface area contributed by atoms with Crippen molar-refractivity contribution in [2.24, 2.45) is 0 Å². The van der Waals surface area contributed by atoms with Crippen molar-refractivity contribution >= 4 is 89.9 Å². The number of fused-ring (bicyclic) bond motifs is 8. The minimum absolute atomic E-state index is 0.162. The van der Waals surface area contributed by atoms with Gasteiger partial charge in [0.25, 0.3) is 13.4 Å². The lowest BCUT2D eigenvalue weighted by Gasteiger charge is -2.37. The van der Waals surface area contributed by atoms with Gasteiger partial charge in [0.15, 0.2) is 11.4 Å². The largest absolute Gasteiger partial charge is 0.461 e. The topological polar surface area (TPSA) is 74.8 Å². The molecule has 0 saturated carbocycles. The van der Waals surface area contributed by atoms with E-state index in [1.165, 1.54) is 37.9 Å². The van der Waals surface area contributed by atoms with Gasteiger partial charge in [0.05, 0.1) is 36.4 Å². The van der Waals surface area contributed by atoms with Gasteiger partial charge in [-0.2, -0.15) is 10.5 Å². The first-order valence-electron chi connectivity index (χ1n) is 17.7. The second-order valence-corrected chi connectivity index (χ2v) is 14.8. The van der Waals surface area contributed by atoms with E-state index in [9.17, 15) is 10.5 Å². The fraction of sp³-hybridized carbons (Fsp3) is 0.0435. The molecule has 8 heteroatoms. The van der Waals surface area contributed by atoms with E-state index in [2.05, 4.69) is 59.9 Å². The summed E-state index contributed by atoms with van der Waals surface area (Å²) < 4.78 is 13.1. The summed E-state index contributed by atoms with van der Waals surface area (Å²) in [4.78, 5) is 7.56. The van der Waals surface area contributed by atoms with Gasteiger partial charge < -0.3 is 9.47 Å². The molecule has 0 spiro atoms. The summed E-state index contributed by atoms with van der Waals surface area (Å²) >= 11 is 0. The van der Waals surface area contributed by atoms with E-state index in [1.54, 1.807) is 6.07 Å². The molecule has 0 saturated heterocycles. The Kier molecular flexibility index (Phi) is 5.21. The highest BCUT2D eigenvalue weighted by atomic mass is 16.5. The summed E-state index contributed by atoms with van der Waals surface area (Å²) in [6.07, 6.45) is 0. The lowest BCUT2D eigenvalue weighted by molar-refractivity contribution is 0.487. The van der Waals surface area contributed by atoms with E-state index in [-0.39, 0.29) is 13.4 Å². The molecule has 4 heterocycles. The fourth-order valence-electron chi connectivity index (χ4n) is 10.1. The summed E-state index contributed by atoms with van der Waals surface area (Å²) in [5.41, 5.74) is 14.9. The van der Waals surface area contributed by atoms with Crippen LogP contribution in [0.5, 0.6) is 23.0 Å². The van der Waals surface area contributed by atoms with Gasteiger partial charge in [-0.3, -0.25) is 0 Å². The normalized spacial score (nSPS) is 13.1. The van der Waals surface area contributed by atoms with Crippen LogP contribution in [0.1, 0.15) is 22.3 Å². The van der Waals surface area contributed by atoms with Crippen LogP contribution >= 0.6 is 0 Å². The zero-order valence-corrected chi connectivity index (χ0v) is 28.8. The molecule has 0 atom stereocenters. The quantitative estimate of drug-likeness (QED) is 0.0960. The first kappa shape index (κ1) is 29.1. The molecule has 54 heavy (non-hydrogen) atoms. The summed E-state index contributed by atoms with van der Waals surface area (Å²) in [7, 11) is 0. The number of aryl methyl sites for hydroxylation is 2. The van der Waals surface area contributed by atoms with Gasteiger partial charge in [0.1, 0.15) is 23.0 Å². The third-order valence-electron chi connectivity index (χ3n) is 12.2. The second kappa shape index (κ2) is 9.67. The Morgan fingerprint density at radius 3 is 1.61 bits per heavy atom. The number of hydrogen-bond acceptors (Lipinski definition) is 4. The van der Waals surface area contributed by atoms with Crippen molar-refractivity contribution in [2.45, 2.75) is 13.8 Å². The molecule has 0 amide bonds. The summed E-state index contributed by atoms with van der Waals surface area (Å²) in [6, 6.07) is 33.0. The van der Waals surface area contributed by atoms with Crippen molar-refractivity contribution in [3.8, 4) is 57.4 Å². The molecule has 6 nitrogen and oxygen atoms in total. The van der Waals surface area contributed by atoms with E-state index < -0.39 is 0 Å². The Bertz CT molecular complexity index is 3150. The van der Waals surface area contributed by atoms with Crippen LogP contribution in [0.2, 0.25) is 0 Å². The van der Waals surface area contributed by atoms with Crippen molar-refractivity contribution in [2.75, 3.05) is 0 Å². The molecule has 0 radical (unpaired) electrons. The maximum atomic E-state index is 10.2. The van der Waals surface area contributed by atoms with E-state index in [4.69, 9.17) is 22.6 Å². The minimum atomic E-state index is -0.170. The molecule has 0 unspecified atom stereocenters. The maximum Gasteiger partial charge on any atom is 0.252 e. The third-order valence-corrected chi connectivity index (χ3v) is 12.2. The van der Waals surface area contributed by atoms with Gasteiger partial charge >= 0.3 is 0 Å². The zero-order valence-electron chi connectivity index (χ0n) is 28.8. The number of rotatable bonds is 0. The average Bonchev–Trinajstić information content (AvgIpc) is 3.20. The zero-order chi connectivity index (χ0) is 36.3. The van der Waals surface area contributed by atoms with Crippen LogP contribution in [0.15, 0.2) is 84.9 Å². The molecule has 8 aromatic carbocycles. The molecule has 0 fully saturated rings. The molecule has 0 aromatic heterocycles. The van der Waals surface area contributed by atoms with Gasteiger partial charge in [-0.05, 0) is 144 Å². The number of hydrogen-bond donors (Lipinski definition) is 0. The van der Waals surface area contributed by atoms with Crippen LogP contribution in [-0.4, -0.2) is 13.4 Å². The predicted octanol–water partition coefficient (Wildman–Crippen LogP) is 7.25.